The predicted octanol–water partition coefficient (Wildman–Crippen LogP) is 5.71. The third kappa shape index (κ3) is 17.1. The van der Waals surface area contributed by atoms with Crippen LogP contribution in [0.3, 0.4) is 0 Å². The molecule has 1 aliphatic carbocycles. The molecule has 70 heavy (non-hydrogen) atoms. The lowest BCUT2D eigenvalue weighted by molar-refractivity contribution is -0.316. The van der Waals surface area contributed by atoms with E-state index in [4.69, 9.17) is 23.7 Å². The average molecular weight is 1010 g/mol. The van der Waals surface area contributed by atoms with Crippen molar-refractivity contribution in [3.05, 3.63) is 47.6 Å². The van der Waals surface area contributed by atoms with E-state index >= 15 is 0 Å². The average Bonchev–Trinajstić information content (AvgIpc) is 3.31. The molecule has 1 saturated carbocycles. The molecule has 400 valence electrons. The molecular weight excluding hydrogens is 921 g/mol. The van der Waals surface area contributed by atoms with Crippen molar-refractivity contribution in [3.63, 3.8) is 0 Å². The van der Waals surface area contributed by atoms with E-state index in [1.165, 1.54) is 12.0 Å². The number of rotatable bonds is 10. The van der Waals surface area contributed by atoms with Crippen LogP contribution in [0.2, 0.25) is 0 Å². The molecule has 4 aliphatic rings. The summed E-state index contributed by atoms with van der Waals surface area (Å²) in [5, 5.41) is 44.9. The fourth-order valence-corrected chi connectivity index (χ4v) is 11.8. The molecule has 3 aliphatic heterocycles. The number of aliphatic hydroxyl groups excluding tert-OH is 3. The third-order valence-electron chi connectivity index (χ3n) is 15.2. The molecular formula is C53H88N2O14S. The number of allylic oxidation sites excluding steroid dienone is 6. The number of amides is 1. The summed E-state index contributed by atoms with van der Waals surface area (Å²) in [6, 6.07) is -1.77. The Hall–Kier alpha value is -2.84. The van der Waals surface area contributed by atoms with E-state index in [1.807, 2.05) is 45.1 Å². The van der Waals surface area contributed by atoms with Crippen LogP contribution in [0.25, 0.3) is 0 Å². The summed E-state index contributed by atoms with van der Waals surface area (Å²) in [6.07, 6.45) is 13.3. The minimum atomic E-state index is -3.71. The summed E-state index contributed by atoms with van der Waals surface area (Å²) in [7, 11) is -0.623. The Morgan fingerprint density at radius 3 is 2.27 bits per heavy atom. The van der Waals surface area contributed by atoms with Crippen molar-refractivity contribution in [2.45, 2.75) is 193 Å². The van der Waals surface area contributed by atoms with Gasteiger partial charge in [0.05, 0.1) is 37.8 Å². The number of ether oxygens (including phenoxy) is 5. The summed E-state index contributed by atoms with van der Waals surface area (Å²) in [4.78, 5) is 44.1. The predicted molar refractivity (Wildman–Crippen MR) is 268 cm³/mol. The summed E-state index contributed by atoms with van der Waals surface area (Å²) in [6.45, 7) is 13.5. The minimum absolute atomic E-state index is 0.00462. The number of nitrogens with one attached hydrogen (secondary N) is 1. The van der Waals surface area contributed by atoms with Crippen molar-refractivity contribution in [1.29, 1.82) is 0 Å². The van der Waals surface area contributed by atoms with Gasteiger partial charge in [0.2, 0.25) is 15.8 Å². The van der Waals surface area contributed by atoms with Crippen molar-refractivity contribution in [2.24, 2.45) is 35.5 Å². The molecule has 1 unspecified atom stereocenters. The first-order valence-corrected chi connectivity index (χ1v) is 27.7. The van der Waals surface area contributed by atoms with Crippen LogP contribution in [0.5, 0.6) is 0 Å². The number of carbonyl (C=O) groups is 3. The molecule has 1 amide bonds. The number of cyclic esters (lactones) is 1. The van der Waals surface area contributed by atoms with Gasteiger partial charge in [-0.15, -0.1) is 0 Å². The quantitative estimate of drug-likeness (QED) is 0.131. The summed E-state index contributed by atoms with van der Waals surface area (Å²) >= 11 is 0. The molecule has 2 saturated heterocycles. The molecule has 0 aromatic heterocycles. The molecule has 17 heteroatoms. The number of fused-ring (bicyclic) bond motifs is 3. The number of sulfonamides is 1. The van der Waals surface area contributed by atoms with Crippen molar-refractivity contribution >= 4 is 27.7 Å². The second kappa shape index (κ2) is 28.0. The molecule has 3 fully saturated rings. The molecule has 16 nitrogen and oxygen atoms in total. The van der Waals surface area contributed by atoms with Crippen molar-refractivity contribution < 1.29 is 66.9 Å². The first-order valence-electron chi connectivity index (χ1n) is 25.8. The van der Waals surface area contributed by atoms with Gasteiger partial charge in [-0.3, -0.25) is 9.59 Å². The maximum absolute atomic E-state index is 14.5. The van der Waals surface area contributed by atoms with Gasteiger partial charge in [-0.25, -0.2) is 17.9 Å². The number of piperidine rings is 1. The van der Waals surface area contributed by atoms with E-state index in [9.17, 15) is 43.2 Å². The van der Waals surface area contributed by atoms with Crippen LogP contribution < -0.4 is 4.72 Å². The number of hydrogen-bond donors (Lipinski definition) is 5. The van der Waals surface area contributed by atoms with Crippen molar-refractivity contribution in [2.75, 3.05) is 40.2 Å². The SMILES string of the molecule is CO[C@@H]1C[C@H](C[C@@H](C)[C@@H]2CC[C@H](C)/C=C(\C)[C@@H](O)[C@@H](OC)C(=O)[C@H](C)C[C@H](C)/C=C/C=C/C=C(\C)[C@@H](NS(C)(=O)=O)C[C@@H]3CC[C@@H](C)[C@@](O)(O3)C(O)C(=O)N3CCCC[C@H]3C(=O)O2)CC[C@H]1OCCO. The van der Waals surface area contributed by atoms with Crippen LogP contribution in [0, 0.1) is 35.5 Å². The lowest BCUT2D eigenvalue weighted by atomic mass is 9.78. The Kier molecular flexibility index (Phi) is 23.9. The van der Waals surface area contributed by atoms with Gasteiger partial charge in [-0.2, -0.15) is 0 Å². The molecule has 2 bridgehead atoms. The van der Waals surface area contributed by atoms with Crippen molar-refractivity contribution in [1.82, 2.24) is 9.62 Å². The Morgan fingerprint density at radius 1 is 0.871 bits per heavy atom. The topological polar surface area (TPSA) is 228 Å². The van der Waals surface area contributed by atoms with Gasteiger partial charge >= 0.3 is 5.97 Å². The lowest BCUT2D eigenvalue weighted by Gasteiger charge is -2.46. The minimum Gasteiger partial charge on any atom is -0.461 e. The van der Waals surface area contributed by atoms with E-state index in [1.54, 1.807) is 40.0 Å². The van der Waals surface area contributed by atoms with Gasteiger partial charge in [0, 0.05) is 38.6 Å². The molecule has 3 heterocycles. The van der Waals surface area contributed by atoms with E-state index in [0.29, 0.717) is 62.5 Å². The zero-order valence-corrected chi connectivity index (χ0v) is 44.5. The summed E-state index contributed by atoms with van der Waals surface area (Å²) in [5.41, 5.74) is 1.25. The maximum atomic E-state index is 14.5. The zero-order valence-electron chi connectivity index (χ0n) is 43.7. The number of Topliss-reactive ketones (excluding diaryl/α,β-unsaturated/α-hetero) is 1. The lowest BCUT2D eigenvalue weighted by Crippen LogP contribution is -2.63. The zero-order chi connectivity index (χ0) is 51.9. The van der Waals surface area contributed by atoms with E-state index < -0.39 is 82.1 Å². The van der Waals surface area contributed by atoms with Crippen LogP contribution in [0.4, 0.5) is 0 Å². The summed E-state index contributed by atoms with van der Waals surface area (Å²) < 4.78 is 58.0. The molecule has 4 rings (SSSR count). The smallest absolute Gasteiger partial charge is 0.329 e. The molecule has 0 aromatic rings. The van der Waals surface area contributed by atoms with Crippen LogP contribution in [-0.2, 0) is 48.1 Å². The highest BCUT2D eigenvalue weighted by Crippen LogP contribution is 2.39. The number of aliphatic hydroxyl groups is 4. The second-order valence-corrected chi connectivity index (χ2v) is 22.9. The van der Waals surface area contributed by atoms with Crippen LogP contribution in [-0.4, -0.2) is 152 Å². The fraction of sp³-hybridized carbons (Fsp3) is 0.792. The van der Waals surface area contributed by atoms with Gasteiger partial charge in [0.1, 0.15) is 24.4 Å². The highest BCUT2D eigenvalue weighted by atomic mass is 32.2. The fourth-order valence-electron chi connectivity index (χ4n) is 11.0. The standard InChI is InChI=1S/C53H88N2O14S/c1-33-16-12-11-13-17-35(3)42(54-70(10,63)64)32-41-22-20-39(7)53(62,69-41)50(59)51(60)55-25-15-14-18-43(55)52(61)68-44(36(4)30-40-21-24-45(67-27-26-56)46(31-40)65-8)23-19-34(2)29-38(6)48(58)49(66-9)47(57)37(5)28-33/h11-13,16-17,29,33-34,36-37,39-46,48-50,54,56,58-59,62H,14-15,18-28,30-32H2,1-10H3/b13-11+,16-12+,35-17+,38-29+/t33-,34+,36-,37-,39-,40+,41+,42+,43+,44+,45-,46-,48-,49+,50?,53-/m1/s1. The van der Waals surface area contributed by atoms with Gasteiger partial charge in [-0.05, 0) is 127 Å². The molecule has 5 N–H and O–H groups in total. The molecule has 0 spiro atoms. The monoisotopic (exact) mass is 1010 g/mol. The Labute approximate surface area is 418 Å². The maximum Gasteiger partial charge on any atom is 0.329 e. The van der Waals surface area contributed by atoms with E-state index in [0.717, 1.165) is 31.9 Å². The van der Waals surface area contributed by atoms with Gasteiger partial charge in [0.15, 0.2) is 11.9 Å². The Bertz CT molecular complexity index is 1920. The molecule has 0 radical (unpaired) electrons. The largest absolute Gasteiger partial charge is 0.461 e. The van der Waals surface area contributed by atoms with Crippen LogP contribution in [0.1, 0.15) is 132 Å². The van der Waals surface area contributed by atoms with E-state index in [2.05, 4.69) is 11.6 Å². The van der Waals surface area contributed by atoms with Gasteiger partial charge < -0.3 is 49.0 Å². The van der Waals surface area contributed by atoms with Crippen LogP contribution in [0.15, 0.2) is 47.6 Å². The number of ketones is 1. The number of hydrogen-bond acceptors (Lipinski definition) is 14. The number of carbonyl (C=O) groups excluding carboxylic acids is 3. The number of methoxy groups -OCH3 is 2. The highest BCUT2D eigenvalue weighted by Gasteiger charge is 2.53. The normalized spacial score (nSPS) is 39.6. The third-order valence-corrected chi connectivity index (χ3v) is 15.9. The highest BCUT2D eigenvalue weighted by molar-refractivity contribution is 7.88. The first kappa shape index (κ1) is 59.7. The summed E-state index contributed by atoms with van der Waals surface area (Å²) in [5.74, 6) is -5.07. The first-order chi connectivity index (χ1) is 33.0. The second-order valence-electron chi connectivity index (χ2n) is 21.1. The Morgan fingerprint density at radius 2 is 1.60 bits per heavy atom. The van der Waals surface area contributed by atoms with Gasteiger partial charge in [0.25, 0.3) is 5.91 Å². The van der Waals surface area contributed by atoms with E-state index in [-0.39, 0.29) is 67.8 Å². The van der Waals surface area contributed by atoms with Crippen molar-refractivity contribution in [3.8, 4) is 0 Å². The number of esters is 1. The van der Waals surface area contributed by atoms with Gasteiger partial charge in [-0.1, -0.05) is 76.6 Å². The molecule has 16 atom stereocenters. The number of nitrogens with zero attached hydrogens (tertiary/aromatic N) is 1. The molecule has 0 aromatic carbocycles. The van der Waals surface area contributed by atoms with Crippen LogP contribution >= 0.6 is 0 Å². The Balaban J connectivity index is 1.70.